The molecule has 21 heavy (non-hydrogen) atoms. The number of nitrogens with zero attached hydrogens (tertiary/aromatic N) is 5. The molecular formula is C14H18N6O. The second-order valence-electron chi connectivity index (χ2n) is 4.97. The SMILES string of the molecule is CCCNc1cn2ccnc2c(N2CCOC(C#N)C2)n1. The summed E-state index contributed by atoms with van der Waals surface area (Å²) in [6, 6.07) is 2.16. The molecule has 1 saturated heterocycles. The molecule has 1 aliphatic rings. The number of aromatic nitrogens is 3. The minimum atomic E-state index is -0.414. The maximum atomic E-state index is 9.04. The number of rotatable bonds is 4. The number of morpholine rings is 1. The molecule has 0 radical (unpaired) electrons. The van der Waals surface area contributed by atoms with E-state index in [1.165, 1.54) is 0 Å². The van der Waals surface area contributed by atoms with Gasteiger partial charge in [-0.25, -0.2) is 9.97 Å². The number of nitriles is 1. The van der Waals surface area contributed by atoms with Crippen molar-refractivity contribution in [2.75, 3.05) is 36.5 Å². The fraction of sp³-hybridized carbons (Fsp3) is 0.500. The number of imidazole rings is 1. The van der Waals surface area contributed by atoms with Gasteiger partial charge in [0.2, 0.25) is 0 Å². The Bertz CT molecular complexity index is 661. The number of ether oxygens (including phenoxy) is 1. The molecule has 0 spiro atoms. The molecule has 0 amide bonds. The minimum Gasteiger partial charge on any atom is -0.369 e. The van der Waals surface area contributed by atoms with Gasteiger partial charge in [-0.05, 0) is 6.42 Å². The third kappa shape index (κ3) is 2.76. The molecule has 7 nitrogen and oxygen atoms in total. The van der Waals surface area contributed by atoms with Crippen molar-refractivity contribution in [2.45, 2.75) is 19.4 Å². The number of anilines is 2. The van der Waals surface area contributed by atoms with Crippen molar-refractivity contribution in [2.24, 2.45) is 0 Å². The van der Waals surface area contributed by atoms with Crippen LogP contribution in [0.4, 0.5) is 11.6 Å². The lowest BCUT2D eigenvalue weighted by atomic mass is 10.3. The lowest BCUT2D eigenvalue weighted by Crippen LogP contribution is -2.42. The average molecular weight is 286 g/mol. The van der Waals surface area contributed by atoms with Gasteiger partial charge in [0, 0.05) is 25.5 Å². The average Bonchev–Trinajstić information content (AvgIpc) is 3.00. The van der Waals surface area contributed by atoms with Crippen LogP contribution in [-0.2, 0) is 4.74 Å². The molecule has 3 rings (SSSR count). The van der Waals surface area contributed by atoms with E-state index in [1.54, 1.807) is 6.20 Å². The first kappa shape index (κ1) is 13.6. The Morgan fingerprint density at radius 1 is 1.57 bits per heavy atom. The van der Waals surface area contributed by atoms with Crippen molar-refractivity contribution in [3.05, 3.63) is 18.6 Å². The predicted octanol–water partition coefficient (Wildman–Crippen LogP) is 1.28. The Kier molecular flexibility index (Phi) is 3.88. The lowest BCUT2D eigenvalue weighted by molar-refractivity contribution is 0.0762. The second-order valence-corrected chi connectivity index (χ2v) is 4.97. The van der Waals surface area contributed by atoms with Crippen molar-refractivity contribution in [3.63, 3.8) is 0 Å². The van der Waals surface area contributed by atoms with Crippen LogP contribution in [0.1, 0.15) is 13.3 Å². The Hall–Kier alpha value is -2.33. The van der Waals surface area contributed by atoms with Gasteiger partial charge in [-0.15, -0.1) is 0 Å². The van der Waals surface area contributed by atoms with E-state index in [1.807, 2.05) is 16.8 Å². The Balaban J connectivity index is 1.95. The predicted molar refractivity (Wildman–Crippen MR) is 79.3 cm³/mol. The Morgan fingerprint density at radius 2 is 2.48 bits per heavy atom. The van der Waals surface area contributed by atoms with Gasteiger partial charge < -0.3 is 19.4 Å². The van der Waals surface area contributed by atoms with Crippen LogP contribution in [0.25, 0.3) is 5.65 Å². The van der Waals surface area contributed by atoms with E-state index in [0.717, 1.165) is 30.2 Å². The first-order valence-electron chi connectivity index (χ1n) is 7.15. The molecular weight excluding hydrogens is 268 g/mol. The van der Waals surface area contributed by atoms with Crippen LogP contribution >= 0.6 is 0 Å². The van der Waals surface area contributed by atoms with E-state index >= 15 is 0 Å². The summed E-state index contributed by atoms with van der Waals surface area (Å²) in [5, 5.41) is 12.3. The molecule has 0 bridgehead atoms. The highest BCUT2D eigenvalue weighted by molar-refractivity contribution is 5.67. The van der Waals surface area contributed by atoms with Crippen LogP contribution in [0.2, 0.25) is 0 Å². The van der Waals surface area contributed by atoms with Crippen LogP contribution in [0.5, 0.6) is 0 Å². The summed E-state index contributed by atoms with van der Waals surface area (Å²) in [7, 11) is 0. The molecule has 0 aliphatic carbocycles. The fourth-order valence-corrected chi connectivity index (χ4v) is 2.39. The first-order chi connectivity index (χ1) is 10.3. The number of fused-ring (bicyclic) bond motifs is 1. The quantitative estimate of drug-likeness (QED) is 0.912. The molecule has 7 heteroatoms. The molecule has 2 aromatic heterocycles. The third-order valence-corrected chi connectivity index (χ3v) is 3.42. The van der Waals surface area contributed by atoms with Gasteiger partial charge in [-0.1, -0.05) is 6.92 Å². The lowest BCUT2D eigenvalue weighted by Gasteiger charge is -2.31. The molecule has 1 fully saturated rings. The molecule has 3 heterocycles. The van der Waals surface area contributed by atoms with Crippen LogP contribution in [0.3, 0.4) is 0 Å². The highest BCUT2D eigenvalue weighted by Gasteiger charge is 2.23. The smallest absolute Gasteiger partial charge is 0.180 e. The summed E-state index contributed by atoms with van der Waals surface area (Å²) < 4.78 is 7.35. The van der Waals surface area contributed by atoms with Gasteiger partial charge in [0.15, 0.2) is 17.6 Å². The standard InChI is InChI=1S/C14H18N6O/c1-2-3-16-12-10-19-5-4-17-13(19)14(18-12)20-6-7-21-11(8-15)9-20/h4-5,10-11,16H,2-3,6-7,9H2,1H3. The van der Waals surface area contributed by atoms with Gasteiger partial charge in [0.25, 0.3) is 0 Å². The zero-order valence-electron chi connectivity index (χ0n) is 12.0. The highest BCUT2D eigenvalue weighted by Crippen LogP contribution is 2.22. The van der Waals surface area contributed by atoms with Gasteiger partial charge >= 0.3 is 0 Å². The van der Waals surface area contributed by atoms with Crippen molar-refractivity contribution in [1.82, 2.24) is 14.4 Å². The zero-order valence-corrected chi connectivity index (χ0v) is 12.0. The van der Waals surface area contributed by atoms with Crippen molar-refractivity contribution >= 4 is 17.3 Å². The van der Waals surface area contributed by atoms with Gasteiger partial charge in [-0.2, -0.15) is 5.26 Å². The normalized spacial score (nSPS) is 18.7. The molecule has 1 aliphatic heterocycles. The maximum Gasteiger partial charge on any atom is 0.180 e. The number of hydrogen-bond donors (Lipinski definition) is 1. The topological polar surface area (TPSA) is 78.5 Å². The molecule has 110 valence electrons. The second kappa shape index (κ2) is 5.97. The van der Waals surface area contributed by atoms with E-state index in [-0.39, 0.29) is 0 Å². The summed E-state index contributed by atoms with van der Waals surface area (Å²) in [6.07, 6.45) is 6.21. The monoisotopic (exact) mass is 286 g/mol. The largest absolute Gasteiger partial charge is 0.369 e. The van der Waals surface area contributed by atoms with Crippen molar-refractivity contribution in [3.8, 4) is 6.07 Å². The van der Waals surface area contributed by atoms with E-state index in [9.17, 15) is 0 Å². The first-order valence-corrected chi connectivity index (χ1v) is 7.15. The summed E-state index contributed by atoms with van der Waals surface area (Å²) in [4.78, 5) is 11.1. The van der Waals surface area contributed by atoms with E-state index in [0.29, 0.717) is 19.7 Å². The van der Waals surface area contributed by atoms with E-state index < -0.39 is 6.10 Å². The van der Waals surface area contributed by atoms with Crippen LogP contribution in [0, 0.1) is 11.3 Å². The van der Waals surface area contributed by atoms with Gasteiger partial charge in [0.05, 0.1) is 25.4 Å². The molecule has 1 N–H and O–H groups in total. The highest BCUT2D eigenvalue weighted by atomic mass is 16.5. The Morgan fingerprint density at radius 3 is 3.29 bits per heavy atom. The fourth-order valence-electron chi connectivity index (χ4n) is 2.39. The number of nitrogens with one attached hydrogen (secondary N) is 1. The summed E-state index contributed by atoms with van der Waals surface area (Å²) in [5.41, 5.74) is 0.802. The molecule has 2 aromatic rings. The molecule has 1 atom stereocenters. The Labute approximate surface area is 123 Å². The molecule has 0 aromatic carbocycles. The molecule has 1 unspecified atom stereocenters. The van der Waals surface area contributed by atoms with Crippen LogP contribution < -0.4 is 10.2 Å². The third-order valence-electron chi connectivity index (χ3n) is 3.42. The van der Waals surface area contributed by atoms with Gasteiger partial charge in [-0.3, -0.25) is 0 Å². The number of hydrogen-bond acceptors (Lipinski definition) is 6. The molecule has 0 saturated carbocycles. The van der Waals surface area contributed by atoms with E-state index in [4.69, 9.17) is 10.00 Å². The zero-order chi connectivity index (χ0) is 14.7. The maximum absolute atomic E-state index is 9.04. The van der Waals surface area contributed by atoms with Crippen LogP contribution in [0.15, 0.2) is 18.6 Å². The summed E-state index contributed by atoms with van der Waals surface area (Å²) >= 11 is 0. The van der Waals surface area contributed by atoms with E-state index in [2.05, 4.69) is 33.2 Å². The summed E-state index contributed by atoms with van der Waals surface area (Å²) in [5.74, 6) is 1.61. The van der Waals surface area contributed by atoms with Crippen molar-refractivity contribution in [1.29, 1.82) is 5.26 Å². The minimum absolute atomic E-state index is 0.414. The van der Waals surface area contributed by atoms with Crippen molar-refractivity contribution < 1.29 is 4.74 Å². The van der Waals surface area contributed by atoms with Gasteiger partial charge in [0.1, 0.15) is 5.82 Å². The van der Waals surface area contributed by atoms with Crippen LogP contribution in [-0.4, -0.2) is 46.7 Å². The summed E-state index contributed by atoms with van der Waals surface area (Å²) in [6.45, 7) is 4.74.